The van der Waals surface area contributed by atoms with Gasteiger partial charge in [0, 0.05) is 5.56 Å². The van der Waals surface area contributed by atoms with Crippen LogP contribution in [0, 0.1) is 5.92 Å². The molecule has 11 heteroatoms. The zero-order chi connectivity index (χ0) is 23.7. The van der Waals surface area contributed by atoms with Crippen LogP contribution in [0.15, 0.2) is 6.07 Å². The van der Waals surface area contributed by atoms with Crippen LogP contribution in [0.4, 0.5) is 0 Å². The maximum atomic E-state index is 12.9. The number of hydrogen-bond acceptors (Lipinski definition) is 11. The van der Waals surface area contributed by atoms with Gasteiger partial charge in [-0.15, -0.1) is 0 Å². The number of carbonyl (C=O) groups excluding carboxylic acids is 4. The van der Waals surface area contributed by atoms with Crippen LogP contribution in [0.3, 0.4) is 0 Å². The zero-order valence-electron chi connectivity index (χ0n) is 18.4. The molecule has 0 aromatic heterocycles. The SMILES string of the molecule is COC(=O)CC(C(=O)OC)C(C(=O)OC)c1c(C(=O)OC)cc(OC)c(OC)c1OC. The topological polar surface area (TPSA) is 133 Å². The minimum absolute atomic E-state index is 0.0447. The molecule has 2 unspecified atom stereocenters. The van der Waals surface area contributed by atoms with Gasteiger partial charge in [0.25, 0.3) is 0 Å². The second-order valence-electron chi connectivity index (χ2n) is 6.01. The van der Waals surface area contributed by atoms with Crippen molar-refractivity contribution in [3.05, 3.63) is 17.2 Å². The van der Waals surface area contributed by atoms with E-state index in [1.807, 2.05) is 0 Å². The molecule has 11 nitrogen and oxygen atoms in total. The molecule has 0 saturated carbocycles. The Balaban J connectivity index is 4.04. The molecule has 31 heavy (non-hydrogen) atoms. The van der Waals surface area contributed by atoms with Crippen molar-refractivity contribution in [1.82, 2.24) is 0 Å². The number of rotatable bonds is 10. The summed E-state index contributed by atoms with van der Waals surface area (Å²) < 4.78 is 35.2. The van der Waals surface area contributed by atoms with E-state index in [1.54, 1.807) is 0 Å². The summed E-state index contributed by atoms with van der Waals surface area (Å²) >= 11 is 0. The lowest BCUT2D eigenvalue weighted by atomic mass is 9.80. The maximum Gasteiger partial charge on any atom is 0.338 e. The average Bonchev–Trinajstić information content (AvgIpc) is 2.80. The van der Waals surface area contributed by atoms with Crippen molar-refractivity contribution in [2.75, 3.05) is 49.8 Å². The molecule has 0 fully saturated rings. The first-order chi connectivity index (χ1) is 14.7. The van der Waals surface area contributed by atoms with E-state index in [2.05, 4.69) is 4.74 Å². The van der Waals surface area contributed by atoms with Crippen molar-refractivity contribution in [2.45, 2.75) is 12.3 Å². The summed E-state index contributed by atoms with van der Waals surface area (Å²) in [6.45, 7) is 0. The summed E-state index contributed by atoms with van der Waals surface area (Å²) in [7, 11) is 8.37. The molecule has 1 aromatic rings. The van der Waals surface area contributed by atoms with E-state index in [-0.39, 0.29) is 28.4 Å². The molecule has 172 valence electrons. The van der Waals surface area contributed by atoms with E-state index in [9.17, 15) is 19.2 Å². The van der Waals surface area contributed by atoms with Crippen molar-refractivity contribution in [3.63, 3.8) is 0 Å². The fourth-order valence-electron chi connectivity index (χ4n) is 3.13. The zero-order valence-corrected chi connectivity index (χ0v) is 18.4. The minimum Gasteiger partial charge on any atom is -0.493 e. The largest absolute Gasteiger partial charge is 0.493 e. The summed E-state index contributed by atoms with van der Waals surface area (Å²) in [5, 5.41) is 0. The van der Waals surface area contributed by atoms with Gasteiger partial charge < -0.3 is 33.2 Å². The van der Waals surface area contributed by atoms with Crippen molar-refractivity contribution >= 4 is 23.9 Å². The minimum atomic E-state index is -1.51. The smallest absolute Gasteiger partial charge is 0.338 e. The fraction of sp³-hybridized carbons (Fsp3) is 0.500. The van der Waals surface area contributed by atoms with Crippen LogP contribution in [-0.2, 0) is 33.3 Å². The monoisotopic (exact) mass is 442 g/mol. The van der Waals surface area contributed by atoms with E-state index < -0.39 is 42.1 Å². The molecule has 0 aliphatic carbocycles. The highest BCUT2D eigenvalue weighted by Gasteiger charge is 2.44. The Bertz CT molecular complexity index is 831. The van der Waals surface area contributed by atoms with E-state index >= 15 is 0 Å². The van der Waals surface area contributed by atoms with Crippen LogP contribution in [0.1, 0.15) is 28.3 Å². The van der Waals surface area contributed by atoms with Crippen LogP contribution in [0.25, 0.3) is 0 Å². The first-order valence-electron chi connectivity index (χ1n) is 8.89. The lowest BCUT2D eigenvalue weighted by Gasteiger charge is -2.27. The Morgan fingerprint density at radius 1 is 0.742 bits per heavy atom. The predicted octanol–water partition coefficient (Wildman–Crippen LogP) is 1.11. The van der Waals surface area contributed by atoms with Gasteiger partial charge in [-0.3, -0.25) is 14.4 Å². The molecule has 0 amide bonds. The van der Waals surface area contributed by atoms with Crippen LogP contribution in [0.2, 0.25) is 0 Å². The molecular weight excluding hydrogens is 416 g/mol. The van der Waals surface area contributed by atoms with Crippen LogP contribution in [0.5, 0.6) is 17.2 Å². The summed E-state index contributed by atoms with van der Waals surface area (Å²) in [5.41, 5.74) is -0.260. The van der Waals surface area contributed by atoms with Crippen LogP contribution < -0.4 is 14.2 Å². The third-order valence-electron chi connectivity index (χ3n) is 4.56. The molecular formula is C20H26O11. The van der Waals surface area contributed by atoms with Gasteiger partial charge in [-0.25, -0.2) is 4.79 Å². The lowest BCUT2D eigenvalue weighted by molar-refractivity contribution is -0.158. The summed E-state index contributed by atoms with van der Waals surface area (Å²) in [6.07, 6.45) is -0.541. The molecule has 1 aromatic carbocycles. The van der Waals surface area contributed by atoms with Gasteiger partial charge >= 0.3 is 23.9 Å². The van der Waals surface area contributed by atoms with Gasteiger partial charge in [0.15, 0.2) is 11.5 Å². The van der Waals surface area contributed by atoms with Crippen LogP contribution >= 0.6 is 0 Å². The number of esters is 4. The first-order valence-corrected chi connectivity index (χ1v) is 8.89. The second kappa shape index (κ2) is 11.6. The van der Waals surface area contributed by atoms with E-state index in [0.29, 0.717) is 0 Å². The van der Waals surface area contributed by atoms with E-state index in [1.165, 1.54) is 27.4 Å². The molecule has 0 spiro atoms. The molecule has 0 bridgehead atoms. The average molecular weight is 442 g/mol. The number of carbonyl (C=O) groups is 4. The van der Waals surface area contributed by atoms with Crippen molar-refractivity contribution in [1.29, 1.82) is 0 Å². The van der Waals surface area contributed by atoms with Gasteiger partial charge in [0.2, 0.25) is 5.75 Å². The van der Waals surface area contributed by atoms with Crippen LogP contribution in [-0.4, -0.2) is 73.6 Å². The standard InChI is InChI=1S/C20H26O11/c1-25-12-8-10(18(22)29-5)14(17(28-4)16(12)27-3)15(20(24)31-7)11(19(23)30-6)9-13(21)26-2/h8,11,15H,9H2,1-7H3. The first kappa shape index (κ1) is 25.5. The Hall–Kier alpha value is -3.50. The highest BCUT2D eigenvalue weighted by Crippen LogP contribution is 2.48. The molecule has 0 aliphatic rings. The van der Waals surface area contributed by atoms with Gasteiger partial charge in [-0.05, 0) is 6.07 Å². The Kier molecular flexibility index (Phi) is 9.58. The summed E-state index contributed by atoms with van der Waals surface area (Å²) in [6, 6.07) is 1.27. The lowest BCUT2D eigenvalue weighted by Crippen LogP contribution is -2.33. The van der Waals surface area contributed by atoms with E-state index in [0.717, 1.165) is 28.4 Å². The third-order valence-corrected chi connectivity index (χ3v) is 4.56. The number of ether oxygens (including phenoxy) is 7. The maximum absolute atomic E-state index is 12.9. The fourth-order valence-corrected chi connectivity index (χ4v) is 3.13. The van der Waals surface area contributed by atoms with Gasteiger partial charge in [0.1, 0.15) is 5.92 Å². The summed E-state index contributed by atoms with van der Waals surface area (Å²) in [4.78, 5) is 50.0. The summed E-state index contributed by atoms with van der Waals surface area (Å²) in [5.74, 6) is -6.35. The predicted molar refractivity (Wildman–Crippen MR) is 104 cm³/mol. The molecule has 0 saturated heterocycles. The number of hydrogen-bond donors (Lipinski definition) is 0. The number of methoxy groups -OCH3 is 7. The molecule has 0 radical (unpaired) electrons. The second-order valence-corrected chi connectivity index (χ2v) is 6.01. The quantitative estimate of drug-likeness (QED) is 0.381. The Labute approximate surface area is 179 Å². The van der Waals surface area contributed by atoms with E-state index in [4.69, 9.17) is 28.4 Å². The normalized spacial score (nSPS) is 12.1. The molecule has 0 aliphatic heterocycles. The Morgan fingerprint density at radius 3 is 1.74 bits per heavy atom. The van der Waals surface area contributed by atoms with Crippen molar-refractivity contribution < 1.29 is 52.3 Å². The van der Waals surface area contributed by atoms with Crippen molar-refractivity contribution in [2.24, 2.45) is 5.92 Å². The molecule has 0 N–H and O–H groups in total. The van der Waals surface area contributed by atoms with Gasteiger partial charge in [-0.1, -0.05) is 0 Å². The van der Waals surface area contributed by atoms with Gasteiger partial charge in [-0.2, -0.15) is 0 Å². The highest BCUT2D eigenvalue weighted by molar-refractivity contribution is 5.98. The Morgan fingerprint density at radius 2 is 1.32 bits per heavy atom. The van der Waals surface area contributed by atoms with Gasteiger partial charge in [0.05, 0.1) is 67.7 Å². The highest BCUT2D eigenvalue weighted by atomic mass is 16.5. The molecule has 1 rings (SSSR count). The van der Waals surface area contributed by atoms with Crippen molar-refractivity contribution in [3.8, 4) is 17.2 Å². The molecule has 0 heterocycles. The third kappa shape index (κ3) is 5.36. The number of benzene rings is 1. The molecule has 2 atom stereocenters.